The molecule has 1 amide bonds. The summed E-state index contributed by atoms with van der Waals surface area (Å²) in [5.74, 6) is 1.61. The minimum atomic E-state index is 0.196. The van der Waals surface area contributed by atoms with Crippen LogP contribution in [0.3, 0.4) is 0 Å². The first-order valence-electron chi connectivity index (χ1n) is 9.77. The molecule has 0 N–H and O–H groups in total. The SMILES string of the molecule is CN(Cc1ccco1)[C@@H]1CCC12CCN(C(=O)C1CCOCC1)CC2. The van der Waals surface area contributed by atoms with Gasteiger partial charge in [0.05, 0.1) is 12.8 Å². The second-order valence-electron chi connectivity index (χ2n) is 8.12. The summed E-state index contributed by atoms with van der Waals surface area (Å²) in [7, 11) is 2.22. The maximum atomic E-state index is 12.7. The highest BCUT2D eigenvalue weighted by atomic mass is 16.5. The summed E-state index contributed by atoms with van der Waals surface area (Å²) in [4.78, 5) is 17.3. The number of hydrogen-bond acceptors (Lipinski definition) is 4. The van der Waals surface area contributed by atoms with Crippen LogP contribution in [0.2, 0.25) is 0 Å². The third-order valence-corrected chi connectivity index (χ3v) is 6.78. The first kappa shape index (κ1) is 17.1. The molecule has 4 rings (SSSR count). The van der Waals surface area contributed by atoms with E-state index in [4.69, 9.17) is 9.15 Å². The number of carbonyl (C=O) groups is 1. The van der Waals surface area contributed by atoms with Gasteiger partial charge in [-0.3, -0.25) is 9.69 Å². The van der Waals surface area contributed by atoms with Crippen molar-refractivity contribution in [1.29, 1.82) is 0 Å². The van der Waals surface area contributed by atoms with Gasteiger partial charge in [0.15, 0.2) is 0 Å². The molecule has 0 aromatic carbocycles. The van der Waals surface area contributed by atoms with E-state index < -0.39 is 0 Å². The van der Waals surface area contributed by atoms with Crippen molar-refractivity contribution in [2.45, 2.75) is 51.1 Å². The summed E-state index contributed by atoms with van der Waals surface area (Å²) in [5.41, 5.74) is 0.411. The Morgan fingerprint density at radius 1 is 1.24 bits per heavy atom. The van der Waals surface area contributed by atoms with Gasteiger partial charge >= 0.3 is 0 Å². The molecule has 3 fully saturated rings. The lowest BCUT2D eigenvalue weighted by atomic mass is 9.58. The number of likely N-dealkylation sites (tertiary alicyclic amines) is 1. The molecule has 25 heavy (non-hydrogen) atoms. The Hall–Kier alpha value is -1.33. The second kappa shape index (κ2) is 7.12. The summed E-state index contributed by atoms with van der Waals surface area (Å²) in [6.07, 6.45) is 8.42. The van der Waals surface area contributed by atoms with Crippen molar-refractivity contribution in [3.05, 3.63) is 24.2 Å². The number of piperidine rings is 1. The third kappa shape index (κ3) is 3.36. The Balaban J connectivity index is 1.32. The van der Waals surface area contributed by atoms with Gasteiger partial charge in [0, 0.05) is 38.3 Å². The van der Waals surface area contributed by atoms with Gasteiger partial charge in [0.25, 0.3) is 0 Å². The summed E-state index contributed by atoms with van der Waals surface area (Å²) in [5, 5.41) is 0. The fourth-order valence-electron chi connectivity index (χ4n) is 5.09. The molecule has 3 heterocycles. The standard InChI is InChI=1S/C20H30N2O3/c1-21(15-17-3-2-12-25-17)18-4-7-20(18)8-10-22(11-9-20)19(23)16-5-13-24-14-6-16/h2-3,12,16,18H,4-11,13-15H2,1H3/t18-/m1/s1. The lowest BCUT2D eigenvalue weighted by Crippen LogP contribution is -2.59. The van der Waals surface area contributed by atoms with Gasteiger partial charge in [0.2, 0.25) is 5.91 Å². The van der Waals surface area contributed by atoms with Crippen LogP contribution in [-0.2, 0) is 16.1 Å². The van der Waals surface area contributed by atoms with Crippen LogP contribution in [0, 0.1) is 11.3 Å². The van der Waals surface area contributed by atoms with E-state index >= 15 is 0 Å². The van der Waals surface area contributed by atoms with Crippen LogP contribution >= 0.6 is 0 Å². The van der Waals surface area contributed by atoms with Gasteiger partial charge in [-0.25, -0.2) is 0 Å². The van der Waals surface area contributed by atoms with Gasteiger partial charge in [0.1, 0.15) is 5.76 Å². The van der Waals surface area contributed by atoms with E-state index in [1.165, 1.54) is 12.8 Å². The maximum Gasteiger partial charge on any atom is 0.225 e. The number of nitrogens with zero attached hydrogens (tertiary/aromatic N) is 2. The highest BCUT2D eigenvalue weighted by molar-refractivity contribution is 5.79. The number of hydrogen-bond donors (Lipinski definition) is 0. The van der Waals surface area contributed by atoms with Gasteiger partial charge in [-0.15, -0.1) is 0 Å². The van der Waals surface area contributed by atoms with Crippen molar-refractivity contribution < 1.29 is 13.9 Å². The molecule has 1 saturated carbocycles. The van der Waals surface area contributed by atoms with Crippen LogP contribution in [0.25, 0.3) is 0 Å². The molecule has 1 aliphatic carbocycles. The van der Waals surface area contributed by atoms with Crippen molar-refractivity contribution in [2.24, 2.45) is 11.3 Å². The Morgan fingerprint density at radius 3 is 2.60 bits per heavy atom. The number of ether oxygens (including phenoxy) is 1. The van der Waals surface area contributed by atoms with Crippen LogP contribution < -0.4 is 0 Å². The fraction of sp³-hybridized carbons (Fsp3) is 0.750. The molecule has 2 saturated heterocycles. The zero-order valence-corrected chi connectivity index (χ0v) is 15.3. The minimum Gasteiger partial charge on any atom is -0.468 e. The van der Waals surface area contributed by atoms with Crippen LogP contribution in [0.5, 0.6) is 0 Å². The van der Waals surface area contributed by atoms with Crippen LogP contribution in [0.15, 0.2) is 22.8 Å². The van der Waals surface area contributed by atoms with E-state index in [0.717, 1.165) is 64.3 Å². The van der Waals surface area contributed by atoms with Gasteiger partial charge in [-0.1, -0.05) is 0 Å². The smallest absolute Gasteiger partial charge is 0.225 e. The van der Waals surface area contributed by atoms with Gasteiger partial charge < -0.3 is 14.1 Å². The molecule has 1 spiro atoms. The van der Waals surface area contributed by atoms with E-state index in [0.29, 0.717) is 17.4 Å². The quantitative estimate of drug-likeness (QED) is 0.841. The molecule has 0 bridgehead atoms. The predicted molar refractivity (Wildman–Crippen MR) is 95.0 cm³/mol. The molecule has 1 atom stereocenters. The summed E-state index contributed by atoms with van der Waals surface area (Å²) < 4.78 is 10.9. The Morgan fingerprint density at radius 2 is 2.00 bits per heavy atom. The van der Waals surface area contributed by atoms with E-state index in [-0.39, 0.29) is 5.92 Å². The largest absolute Gasteiger partial charge is 0.468 e. The lowest BCUT2D eigenvalue weighted by molar-refractivity contribution is -0.144. The van der Waals surface area contributed by atoms with Crippen LogP contribution in [-0.4, -0.2) is 55.1 Å². The average molecular weight is 346 g/mol. The third-order valence-electron chi connectivity index (χ3n) is 6.78. The molecule has 5 heteroatoms. The number of rotatable bonds is 4. The Bertz CT molecular complexity index is 572. The summed E-state index contributed by atoms with van der Waals surface area (Å²) in [6.45, 7) is 4.23. The van der Waals surface area contributed by atoms with E-state index in [1.54, 1.807) is 6.26 Å². The topological polar surface area (TPSA) is 45.9 Å². The zero-order valence-electron chi connectivity index (χ0n) is 15.3. The first-order chi connectivity index (χ1) is 12.2. The summed E-state index contributed by atoms with van der Waals surface area (Å²) in [6, 6.07) is 4.63. The molecule has 1 aromatic rings. The molecular formula is C20H30N2O3. The predicted octanol–water partition coefficient (Wildman–Crippen LogP) is 2.91. The normalized spacial score (nSPS) is 26.8. The van der Waals surface area contributed by atoms with Crippen molar-refractivity contribution in [3.63, 3.8) is 0 Å². The highest BCUT2D eigenvalue weighted by Gasteiger charge is 2.50. The molecule has 138 valence electrons. The lowest BCUT2D eigenvalue weighted by Gasteiger charge is -2.57. The Kier molecular flexibility index (Phi) is 4.87. The van der Waals surface area contributed by atoms with Gasteiger partial charge in [-0.2, -0.15) is 0 Å². The monoisotopic (exact) mass is 346 g/mol. The van der Waals surface area contributed by atoms with Crippen LogP contribution in [0.1, 0.15) is 44.3 Å². The van der Waals surface area contributed by atoms with Crippen molar-refractivity contribution in [3.8, 4) is 0 Å². The average Bonchev–Trinajstić information content (AvgIpc) is 3.14. The van der Waals surface area contributed by atoms with Crippen molar-refractivity contribution in [2.75, 3.05) is 33.4 Å². The number of amides is 1. The molecule has 3 aliphatic rings. The van der Waals surface area contributed by atoms with E-state index in [2.05, 4.69) is 22.9 Å². The van der Waals surface area contributed by atoms with E-state index in [1.807, 2.05) is 6.07 Å². The maximum absolute atomic E-state index is 12.7. The van der Waals surface area contributed by atoms with E-state index in [9.17, 15) is 4.79 Å². The highest BCUT2D eigenvalue weighted by Crippen LogP contribution is 2.51. The first-order valence-corrected chi connectivity index (χ1v) is 9.77. The number of carbonyl (C=O) groups excluding carboxylic acids is 1. The molecule has 5 nitrogen and oxygen atoms in total. The Labute approximate surface area is 150 Å². The molecule has 2 aliphatic heterocycles. The number of furan rings is 1. The molecule has 1 aromatic heterocycles. The molecule has 0 unspecified atom stereocenters. The van der Waals surface area contributed by atoms with Crippen molar-refractivity contribution >= 4 is 5.91 Å². The molecular weight excluding hydrogens is 316 g/mol. The fourth-order valence-corrected chi connectivity index (χ4v) is 5.09. The second-order valence-corrected chi connectivity index (χ2v) is 8.12. The summed E-state index contributed by atoms with van der Waals surface area (Å²) >= 11 is 0. The van der Waals surface area contributed by atoms with Crippen molar-refractivity contribution in [1.82, 2.24) is 9.80 Å². The molecule has 0 radical (unpaired) electrons. The minimum absolute atomic E-state index is 0.196. The zero-order chi connectivity index (χ0) is 17.3. The van der Waals surface area contributed by atoms with Crippen LogP contribution in [0.4, 0.5) is 0 Å². The van der Waals surface area contributed by atoms with Gasteiger partial charge in [-0.05, 0) is 63.1 Å².